The van der Waals surface area contributed by atoms with Gasteiger partial charge in [0.25, 0.3) is 0 Å². The molecule has 1 aromatic rings. The summed E-state index contributed by atoms with van der Waals surface area (Å²) in [5.41, 5.74) is 2.21. The smallest absolute Gasteiger partial charge is 0.308 e. The third-order valence-electron chi connectivity index (χ3n) is 3.65. The summed E-state index contributed by atoms with van der Waals surface area (Å²) in [5.74, 6) is -0.721. The highest BCUT2D eigenvalue weighted by molar-refractivity contribution is 6.31. The number of rotatable bonds is 3. The molecule has 1 aliphatic heterocycles. The maximum absolute atomic E-state index is 11.1. The van der Waals surface area contributed by atoms with Crippen molar-refractivity contribution in [3.05, 3.63) is 34.3 Å². The van der Waals surface area contributed by atoms with Crippen molar-refractivity contribution in [1.29, 1.82) is 0 Å². The topological polar surface area (TPSA) is 40.5 Å². The van der Waals surface area contributed by atoms with Crippen LogP contribution in [-0.4, -0.2) is 29.1 Å². The average Bonchev–Trinajstić information content (AvgIpc) is 2.65. The Labute approximate surface area is 112 Å². The molecular formula is C14H18ClNO2. The molecule has 0 radical (unpaired) electrons. The number of likely N-dealkylation sites (tertiary alicyclic amines) is 1. The second kappa shape index (κ2) is 5.29. The highest BCUT2D eigenvalue weighted by Gasteiger charge is 2.34. The lowest BCUT2D eigenvalue weighted by molar-refractivity contribution is -0.142. The van der Waals surface area contributed by atoms with Gasteiger partial charge in [-0.3, -0.25) is 9.69 Å². The zero-order chi connectivity index (χ0) is 13.3. The van der Waals surface area contributed by atoms with Gasteiger partial charge in [0.05, 0.1) is 5.92 Å². The van der Waals surface area contributed by atoms with Gasteiger partial charge >= 0.3 is 5.97 Å². The minimum Gasteiger partial charge on any atom is -0.481 e. The van der Waals surface area contributed by atoms with E-state index < -0.39 is 5.97 Å². The Morgan fingerprint density at radius 1 is 1.50 bits per heavy atom. The van der Waals surface area contributed by atoms with Gasteiger partial charge in [0.1, 0.15) is 0 Å². The molecule has 2 rings (SSSR count). The molecule has 98 valence electrons. The van der Waals surface area contributed by atoms with E-state index in [0.29, 0.717) is 6.54 Å². The van der Waals surface area contributed by atoms with Crippen LogP contribution in [0.25, 0.3) is 0 Å². The summed E-state index contributed by atoms with van der Waals surface area (Å²) in [7, 11) is 0. The molecule has 0 bridgehead atoms. The summed E-state index contributed by atoms with van der Waals surface area (Å²) in [6.07, 6.45) is 0. The maximum Gasteiger partial charge on any atom is 0.308 e. The van der Waals surface area contributed by atoms with Crippen LogP contribution in [0.4, 0.5) is 0 Å². The monoisotopic (exact) mass is 267 g/mol. The van der Waals surface area contributed by atoms with Crippen molar-refractivity contribution in [3.8, 4) is 0 Å². The van der Waals surface area contributed by atoms with Gasteiger partial charge in [-0.2, -0.15) is 0 Å². The molecule has 0 unspecified atom stereocenters. The Morgan fingerprint density at radius 3 is 2.78 bits per heavy atom. The molecule has 0 aromatic heterocycles. The van der Waals surface area contributed by atoms with Gasteiger partial charge < -0.3 is 5.11 Å². The van der Waals surface area contributed by atoms with Crippen LogP contribution >= 0.6 is 11.6 Å². The fourth-order valence-electron chi connectivity index (χ4n) is 2.51. The quantitative estimate of drug-likeness (QED) is 0.916. The number of carbonyl (C=O) groups is 1. The van der Waals surface area contributed by atoms with Gasteiger partial charge in [0.15, 0.2) is 0 Å². The summed E-state index contributed by atoms with van der Waals surface area (Å²) in [6.45, 7) is 6.21. The zero-order valence-electron chi connectivity index (χ0n) is 10.7. The van der Waals surface area contributed by atoms with Gasteiger partial charge in [-0.05, 0) is 30.0 Å². The van der Waals surface area contributed by atoms with Crippen molar-refractivity contribution in [1.82, 2.24) is 4.90 Å². The van der Waals surface area contributed by atoms with E-state index in [0.717, 1.165) is 29.2 Å². The standard InChI is InChI=1S/C14H18ClNO2/c1-9-3-4-11(5-13(9)15)7-16-6-10(2)12(8-16)14(17)18/h3-5,10,12H,6-8H2,1-2H3,(H,17,18)/t10-,12-/m1/s1. The van der Waals surface area contributed by atoms with Crippen LogP contribution in [0.5, 0.6) is 0 Å². The van der Waals surface area contributed by atoms with Crippen LogP contribution in [0.3, 0.4) is 0 Å². The molecule has 1 aliphatic rings. The van der Waals surface area contributed by atoms with Crippen LogP contribution in [0.2, 0.25) is 5.02 Å². The van der Waals surface area contributed by atoms with Crippen LogP contribution in [0.15, 0.2) is 18.2 Å². The van der Waals surface area contributed by atoms with E-state index in [1.807, 2.05) is 26.0 Å². The summed E-state index contributed by atoms with van der Waals surface area (Å²) in [5, 5.41) is 9.87. The normalized spacial score (nSPS) is 24.4. The summed E-state index contributed by atoms with van der Waals surface area (Å²) < 4.78 is 0. The number of carboxylic acid groups (broad SMARTS) is 1. The van der Waals surface area contributed by atoms with Gasteiger partial charge in [-0.1, -0.05) is 30.7 Å². The highest BCUT2D eigenvalue weighted by Crippen LogP contribution is 2.25. The number of halogens is 1. The second-order valence-corrected chi connectivity index (χ2v) is 5.61. The Balaban J connectivity index is 2.03. The van der Waals surface area contributed by atoms with E-state index in [1.54, 1.807) is 0 Å². The molecule has 0 aliphatic carbocycles. The minimum atomic E-state index is -0.688. The van der Waals surface area contributed by atoms with Gasteiger partial charge in [0.2, 0.25) is 0 Å². The first kappa shape index (κ1) is 13.4. The van der Waals surface area contributed by atoms with E-state index in [2.05, 4.69) is 11.0 Å². The van der Waals surface area contributed by atoms with E-state index in [4.69, 9.17) is 16.7 Å². The SMILES string of the molecule is Cc1ccc(CN2C[C@@H](C)[C@H](C(=O)O)C2)cc1Cl. The molecule has 18 heavy (non-hydrogen) atoms. The molecule has 1 heterocycles. The second-order valence-electron chi connectivity index (χ2n) is 5.20. The van der Waals surface area contributed by atoms with Crippen molar-refractivity contribution < 1.29 is 9.90 Å². The molecule has 4 heteroatoms. The van der Waals surface area contributed by atoms with Crippen LogP contribution in [0.1, 0.15) is 18.1 Å². The van der Waals surface area contributed by atoms with Gasteiger partial charge in [0, 0.05) is 24.7 Å². The summed E-state index contributed by atoms with van der Waals surface area (Å²) in [4.78, 5) is 13.2. The first-order chi connectivity index (χ1) is 8.47. The van der Waals surface area contributed by atoms with Gasteiger partial charge in [-0.25, -0.2) is 0 Å². The van der Waals surface area contributed by atoms with Crippen molar-refractivity contribution in [3.63, 3.8) is 0 Å². The van der Waals surface area contributed by atoms with E-state index in [-0.39, 0.29) is 11.8 Å². The van der Waals surface area contributed by atoms with Crippen molar-refractivity contribution in [2.75, 3.05) is 13.1 Å². The first-order valence-corrected chi connectivity index (χ1v) is 6.55. The zero-order valence-corrected chi connectivity index (χ0v) is 11.4. The lowest BCUT2D eigenvalue weighted by Gasteiger charge is -2.15. The van der Waals surface area contributed by atoms with Crippen LogP contribution in [-0.2, 0) is 11.3 Å². The van der Waals surface area contributed by atoms with Crippen molar-refractivity contribution in [2.24, 2.45) is 11.8 Å². The number of nitrogens with zero attached hydrogens (tertiary/aromatic N) is 1. The number of carboxylic acids is 1. The number of hydrogen-bond donors (Lipinski definition) is 1. The maximum atomic E-state index is 11.1. The number of aliphatic carboxylic acids is 1. The predicted molar refractivity (Wildman–Crippen MR) is 71.8 cm³/mol. The van der Waals surface area contributed by atoms with E-state index >= 15 is 0 Å². The lowest BCUT2D eigenvalue weighted by Crippen LogP contribution is -2.23. The Morgan fingerprint density at radius 2 is 2.22 bits per heavy atom. The number of benzene rings is 1. The average molecular weight is 268 g/mol. The van der Waals surface area contributed by atoms with Crippen molar-refractivity contribution in [2.45, 2.75) is 20.4 Å². The highest BCUT2D eigenvalue weighted by atomic mass is 35.5. The Bertz CT molecular complexity index is 461. The summed E-state index contributed by atoms with van der Waals surface area (Å²) >= 11 is 6.09. The molecule has 1 fully saturated rings. The third-order valence-corrected chi connectivity index (χ3v) is 4.05. The molecule has 0 spiro atoms. The largest absolute Gasteiger partial charge is 0.481 e. The van der Waals surface area contributed by atoms with Gasteiger partial charge in [-0.15, -0.1) is 0 Å². The fraction of sp³-hybridized carbons (Fsp3) is 0.500. The molecule has 1 aromatic carbocycles. The molecule has 3 nitrogen and oxygen atoms in total. The first-order valence-electron chi connectivity index (χ1n) is 6.17. The predicted octanol–water partition coefficient (Wildman–Crippen LogP) is 2.80. The Kier molecular flexibility index (Phi) is 3.93. The van der Waals surface area contributed by atoms with Crippen molar-refractivity contribution >= 4 is 17.6 Å². The molecular weight excluding hydrogens is 250 g/mol. The number of hydrogen-bond acceptors (Lipinski definition) is 2. The molecule has 1 saturated heterocycles. The molecule has 0 amide bonds. The Hall–Kier alpha value is -1.06. The van der Waals surface area contributed by atoms with Crippen LogP contribution < -0.4 is 0 Å². The minimum absolute atomic E-state index is 0.212. The molecule has 2 atom stereocenters. The molecule has 1 N–H and O–H groups in total. The van der Waals surface area contributed by atoms with E-state index in [9.17, 15) is 4.79 Å². The molecule has 0 saturated carbocycles. The lowest BCUT2D eigenvalue weighted by atomic mass is 9.99. The fourth-order valence-corrected chi connectivity index (χ4v) is 2.71. The number of aryl methyl sites for hydroxylation is 1. The third kappa shape index (κ3) is 2.85. The van der Waals surface area contributed by atoms with Crippen LogP contribution in [0, 0.1) is 18.8 Å². The summed E-state index contributed by atoms with van der Waals surface area (Å²) in [6, 6.07) is 6.03. The van der Waals surface area contributed by atoms with E-state index in [1.165, 1.54) is 0 Å².